The minimum absolute atomic E-state index is 0.105. The fourth-order valence-corrected chi connectivity index (χ4v) is 6.11. The predicted molar refractivity (Wildman–Crippen MR) is 107 cm³/mol. The van der Waals surface area contributed by atoms with Gasteiger partial charge in [0, 0.05) is 13.1 Å². The van der Waals surface area contributed by atoms with Gasteiger partial charge in [-0.1, -0.05) is 12.1 Å². The molecule has 0 atom stereocenters. The van der Waals surface area contributed by atoms with Crippen LogP contribution in [0.1, 0.15) is 24.2 Å². The van der Waals surface area contributed by atoms with Crippen molar-refractivity contribution >= 4 is 25.8 Å². The standard InChI is InChI=1S/C19H24N2O6S2/c1-15-4-2-6-18(12-15)29(25,26)20-13-19(22)21-9-7-17(8-10-21)28(23,24)14-16-5-3-11-27-16/h2-6,11-12,17,20H,7-10,13-14H2,1H3. The number of hydrogen-bond acceptors (Lipinski definition) is 6. The second-order valence-electron chi connectivity index (χ2n) is 7.11. The van der Waals surface area contributed by atoms with Crippen molar-refractivity contribution in [3.8, 4) is 0 Å². The highest BCUT2D eigenvalue weighted by atomic mass is 32.2. The van der Waals surface area contributed by atoms with Gasteiger partial charge in [0.25, 0.3) is 0 Å². The Morgan fingerprint density at radius 1 is 1.14 bits per heavy atom. The average molecular weight is 441 g/mol. The topological polar surface area (TPSA) is 114 Å². The van der Waals surface area contributed by atoms with E-state index in [0.29, 0.717) is 18.6 Å². The Balaban J connectivity index is 1.52. The van der Waals surface area contributed by atoms with E-state index >= 15 is 0 Å². The molecule has 10 heteroatoms. The molecule has 0 bridgehead atoms. The summed E-state index contributed by atoms with van der Waals surface area (Å²) in [5, 5.41) is -0.541. The molecular weight excluding hydrogens is 416 g/mol. The van der Waals surface area contributed by atoms with Gasteiger partial charge in [0.1, 0.15) is 11.5 Å². The zero-order valence-corrected chi connectivity index (χ0v) is 17.7. The second-order valence-corrected chi connectivity index (χ2v) is 11.2. The molecule has 0 aliphatic carbocycles. The lowest BCUT2D eigenvalue weighted by Crippen LogP contribution is -2.46. The molecule has 29 heavy (non-hydrogen) atoms. The van der Waals surface area contributed by atoms with Crippen molar-refractivity contribution in [1.29, 1.82) is 0 Å². The molecule has 1 saturated heterocycles. The van der Waals surface area contributed by atoms with Crippen LogP contribution in [0.5, 0.6) is 0 Å². The van der Waals surface area contributed by atoms with Crippen molar-refractivity contribution in [2.75, 3.05) is 19.6 Å². The Hall–Kier alpha value is -2.17. The van der Waals surface area contributed by atoms with Crippen molar-refractivity contribution < 1.29 is 26.0 Å². The van der Waals surface area contributed by atoms with E-state index < -0.39 is 25.1 Å². The van der Waals surface area contributed by atoms with Gasteiger partial charge in [-0.15, -0.1) is 0 Å². The van der Waals surface area contributed by atoms with Crippen LogP contribution in [0.25, 0.3) is 0 Å². The van der Waals surface area contributed by atoms with Crippen LogP contribution < -0.4 is 4.72 Å². The molecule has 1 aliphatic rings. The number of nitrogens with zero attached hydrogens (tertiary/aromatic N) is 1. The molecule has 1 amide bonds. The Morgan fingerprint density at radius 2 is 1.86 bits per heavy atom. The number of likely N-dealkylation sites (tertiary alicyclic amines) is 1. The molecule has 8 nitrogen and oxygen atoms in total. The van der Waals surface area contributed by atoms with Gasteiger partial charge < -0.3 is 9.32 Å². The van der Waals surface area contributed by atoms with Crippen LogP contribution in [0, 0.1) is 6.92 Å². The highest BCUT2D eigenvalue weighted by Gasteiger charge is 2.32. The smallest absolute Gasteiger partial charge is 0.241 e. The number of rotatable bonds is 7. The third-order valence-corrected chi connectivity index (χ3v) is 8.51. The van der Waals surface area contributed by atoms with E-state index in [2.05, 4.69) is 4.72 Å². The summed E-state index contributed by atoms with van der Waals surface area (Å²) in [4.78, 5) is 14.0. The summed E-state index contributed by atoms with van der Waals surface area (Å²) in [7, 11) is -7.16. The van der Waals surface area contributed by atoms with Gasteiger partial charge in [0.15, 0.2) is 9.84 Å². The van der Waals surface area contributed by atoms with Crippen molar-refractivity contribution in [3.63, 3.8) is 0 Å². The van der Waals surface area contributed by atoms with E-state index in [1.54, 1.807) is 31.2 Å². The first kappa shape index (κ1) is 21.5. The molecule has 2 aromatic rings. The lowest BCUT2D eigenvalue weighted by molar-refractivity contribution is -0.130. The molecule has 0 radical (unpaired) electrons. The van der Waals surface area contributed by atoms with E-state index in [4.69, 9.17) is 4.42 Å². The molecule has 1 aromatic carbocycles. The monoisotopic (exact) mass is 440 g/mol. The molecule has 0 spiro atoms. The molecule has 1 aromatic heterocycles. The van der Waals surface area contributed by atoms with E-state index in [1.807, 2.05) is 0 Å². The van der Waals surface area contributed by atoms with Crippen LogP contribution in [0.4, 0.5) is 0 Å². The number of amides is 1. The summed E-state index contributed by atoms with van der Waals surface area (Å²) in [5.41, 5.74) is 0.803. The first-order valence-corrected chi connectivity index (χ1v) is 12.5. The van der Waals surface area contributed by atoms with Crippen molar-refractivity contribution in [2.24, 2.45) is 0 Å². The maximum absolute atomic E-state index is 12.5. The molecule has 1 aliphatic heterocycles. The fourth-order valence-electron chi connectivity index (χ4n) is 3.31. The number of sulfonamides is 1. The Labute approximate surface area is 170 Å². The van der Waals surface area contributed by atoms with Crippen molar-refractivity contribution in [3.05, 3.63) is 54.0 Å². The summed E-state index contributed by atoms with van der Waals surface area (Å²) in [6.45, 7) is 1.97. The fraction of sp³-hybridized carbons (Fsp3) is 0.421. The molecule has 0 saturated carbocycles. The molecule has 158 valence electrons. The number of nitrogens with one attached hydrogen (secondary N) is 1. The zero-order chi connectivity index (χ0) is 21.1. The third kappa shape index (κ3) is 5.46. The summed E-state index contributed by atoms with van der Waals surface area (Å²) >= 11 is 0. The van der Waals surface area contributed by atoms with E-state index in [1.165, 1.54) is 23.3 Å². The van der Waals surface area contributed by atoms with Crippen LogP contribution >= 0.6 is 0 Å². The normalized spacial score (nSPS) is 16.1. The molecule has 3 rings (SSSR count). The first-order chi connectivity index (χ1) is 13.7. The van der Waals surface area contributed by atoms with Crippen LogP contribution in [-0.4, -0.2) is 52.5 Å². The van der Waals surface area contributed by atoms with Gasteiger partial charge in [-0.05, 0) is 49.6 Å². The lowest BCUT2D eigenvalue weighted by atomic mass is 10.1. The van der Waals surface area contributed by atoms with E-state index in [9.17, 15) is 21.6 Å². The van der Waals surface area contributed by atoms with Crippen molar-refractivity contribution in [2.45, 2.75) is 35.7 Å². The van der Waals surface area contributed by atoms with E-state index in [0.717, 1.165) is 5.56 Å². The van der Waals surface area contributed by atoms with Crippen LogP contribution in [-0.2, 0) is 30.4 Å². The number of furan rings is 1. The number of carbonyl (C=O) groups is 1. The summed E-state index contributed by atoms with van der Waals surface area (Å²) in [6, 6.07) is 9.69. The number of sulfone groups is 1. The Bertz CT molecular complexity index is 1050. The van der Waals surface area contributed by atoms with Gasteiger partial charge in [-0.2, -0.15) is 0 Å². The summed E-state index contributed by atoms with van der Waals surface area (Å²) in [6.07, 6.45) is 2.07. The van der Waals surface area contributed by atoms with Gasteiger partial charge in [-0.3, -0.25) is 4.79 Å². The molecule has 1 fully saturated rings. The number of benzene rings is 1. The largest absolute Gasteiger partial charge is 0.468 e. The minimum atomic E-state index is -3.78. The zero-order valence-electron chi connectivity index (χ0n) is 16.1. The second kappa shape index (κ2) is 8.68. The van der Waals surface area contributed by atoms with Gasteiger partial charge >= 0.3 is 0 Å². The highest BCUT2D eigenvalue weighted by molar-refractivity contribution is 7.91. The molecule has 2 heterocycles. The maximum atomic E-state index is 12.5. The first-order valence-electron chi connectivity index (χ1n) is 9.25. The average Bonchev–Trinajstić information content (AvgIpc) is 3.18. The Kier molecular flexibility index (Phi) is 6.45. The van der Waals surface area contributed by atoms with Gasteiger partial charge in [-0.25, -0.2) is 21.6 Å². The van der Waals surface area contributed by atoms with Gasteiger partial charge in [0.05, 0.1) is 23.0 Å². The van der Waals surface area contributed by atoms with Gasteiger partial charge in [0.2, 0.25) is 15.9 Å². The maximum Gasteiger partial charge on any atom is 0.241 e. The lowest BCUT2D eigenvalue weighted by Gasteiger charge is -2.31. The van der Waals surface area contributed by atoms with Crippen molar-refractivity contribution in [1.82, 2.24) is 9.62 Å². The quantitative estimate of drug-likeness (QED) is 0.697. The van der Waals surface area contributed by atoms with Crippen LogP contribution in [0.15, 0.2) is 52.0 Å². The molecular formula is C19H24N2O6S2. The minimum Gasteiger partial charge on any atom is -0.468 e. The predicted octanol–water partition coefficient (Wildman–Crippen LogP) is 1.47. The van der Waals surface area contributed by atoms with Crippen LogP contribution in [0.3, 0.4) is 0 Å². The third-order valence-electron chi connectivity index (χ3n) is 4.94. The van der Waals surface area contributed by atoms with E-state index in [-0.39, 0.29) is 36.2 Å². The SMILES string of the molecule is Cc1cccc(S(=O)(=O)NCC(=O)N2CCC(S(=O)(=O)Cc3ccco3)CC2)c1. The molecule has 0 unspecified atom stereocenters. The summed E-state index contributed by atoms with van der Waals surface area (Å²) < 4.78 is 57.1. The number of carbonyl (C=O) groups excluding carboxylic acids is 1. The number of piperidine rings is 1. The highest BCUT2D eigenvalue weighted by Crippen LogP contribution is 2.22. The Morgan fingerprint density at radius 3 is 2.48 bits per heavy atom. The molecule has 1 N–H and O–H groups in total. The number of aryl methyl sites for hydroxylation is 1. The van der Waals surface area contributed by atoms with Crippen LogP contribution in [0.2, 0.25) is 0 Å². The number of hydrogen-bond donors (Lipinski definition) is 1. The summed E-state index contributed by atoms with van der Waals surface area (Å²) in [5.74, 6) is -0.133.